The van der Waals surface area contributed by atoms with Gasteiger partial charge in [-0.05, 0) is 44.0 Å². The van der Waals surface area contributed by atoms with Gasteiger partial charge >= 0.3 is 21.2 Å². The van der Waals surface area contributed by atoms with Crippen molar-refractivity contribution in [2.24, 2.45) is 0 Å². The minimum absolute atomic E-state index is 0.0474. The van der Waals surface area contributed by atoms with Gasteiger partial charge in [0.15, 0.2) is 0 Å². The highest BCUT2D eigenvalue weighted by Gasteiger charge is 2.19. The predicted octanol–water partition coefficient (Wildman–Crippen LogP) is 1.46. The molecule has 0 saturated carbocycles. The zero-order valence-corrected chi connectivity index (χ0v) is 13.2. The van der Waals surface area contributed by atoms with E-state index in [9.17, 15) is 0 Å². The lowest BCUT2D eigenvalue weighted by Gasteiger charge is -1.71. The van der Waals surface area contributed by atoms with Gasteiger partial charge in [-0.25, -0.2) is 0 Å². The van der Waals surface area contributed by atoms with Gasteiger partial charge in [-0.2, -0.15) is 0 Å². The van der Waals surface area contributed by atoms with Gasteiger partial charge in [0.1, 0.15) is 0 Å². The lowest BCUT2D eigenvalue weighted by molar-refractivity contribution is -0.585. The first-order valence-corrected chi connectivity index (χ1v) is 8.77. The summed E-state index contributed by atoms with van der Waals surface area (Å²) in [7, 11) is 0. The van der Waals surface area contributed by atoms with Crippen LogP contribution in [-0.2, 0) is 0 Å². The predicted molar refractivity (Wildman–Crippen MR) is 61.4 cm³/mol. The largest absolute Gasteiger partial charge is 0.381 e. The first kappa shape index (κ1) is 10.6. The molecular weight excluding hydrogens is 447 g/mol. The third-order valence-corrected chi connectivity index (χ3v) is 8.23. The van der Waals surface area contributed by atoms with Gasteiger partial charge in [-0.3, -0.25) is 0 Å². The number of rotatable bonds is 2. The lowest BCUT2D eigenvalue weighted by Crippen LogP contribution is -3.61. The SMILES string of the molecule is Brc1ccc([I+]c2ccc(Br)s2)s1. The summed E-state index contributed by atoms with van der Waals surface area (Å²) in [6.07, 6.45) is 0. The van der Waals surface area contributed by atoms with Crippen molar-refractivity contribution < 1.29 is 21.2 Å². The first-order valence-electron chi connectivity index (χ1n) is 3.39. The normalized spacial score (nSPS) is 10.6. The van der Waals surface area contributed by atoms with Gasteiger partial charge in [-0.15, -0.1) is 0 Å². The maximum absolute atomic E-state index is 3.48. The number of halogens is 3. The highest BCUT2D eigenvalue weighted by Crippen LogP contribution is 2.17. The van der Waals surface area contributed by atoms with E-state index in [4.69, 9.17) is 0 Å². The van der Waals surface area contributed by atoms with Crippen LogP contribution in [0, 0.1) is 5.77 Å². The molecule has 2 aromatic heterocycles. The summed E-state index contributed by atoms with van der Waals surface area (Å²) >= 11 is 10.7. The zero-order chi connectivity index (χ0) is 9.26. The number of hydrogen-bond acceptors (Lipinski definition) is 2. The molecule has 0 amide bonds. The Bertz CT molecular complexity index is 369. The minimum Gasteiger partial charge on any atom is -0.0805 e. The average Bonchev–Trinajstić information content (AvgIpc) is 2.62. The molecule has 0 saturated heterocycles. The Morgan fingerprint density at radius 3 is 1.62 bits per heavy atom. The summed E-state index contributed by atoms with van der Waals surface area (Å²) < 4.78 is 5.50. The smallest absolute Gasteiger partial charge is 0.0805 e. The van der Waals surface area contributed by atoms with E-state index in [1.54, 1.807) is 0 Å². The van der Waals surface area contributed by atoms with Gasteiger partial charge in [0, 0.05) is 12.1 Å². The Kier molecular flexibility index (Phi) is 3.87. The van der Waals surface area contributed by atoms with Crippen molar-refractivity contribution in [3.05, 3.63) is 37.6 Å². The third kappa shape index (κ3) is 3.02. The second-order valence-electron chi connectivity index (χ2n) is 2.18. The zero-order valence-electron chi connectivity index (χ0n) is 6.26. The maximum Gasteiger partial charge on any atom is 0.381 e. The Morgan fingerprint density at radius 2 is 1.31 bits per heavy atom. The highest BCUT2D eigenvalue weighted by atomic mass is 127. The van der Waals surface area contributed by atoms with Crippen LogP contribution < -0.4 is 21.2 Å². The van der Waals surface area contributed by atoms with Crippen LogP contribution in [0.5, 0.6) is 0 Å². The van der Waals surface area contributed by atoms with E-state index in [1.807, 2.05) is 22.7 Å². The van der Waals surface area contributed by atoms with Gasteiger partial charge in [-0.1, -0.05) is 22.7 Å². The molecule has 0 nitrogen and oxygen atoms in total. The Balaban J connectivity index is 2.14. The van der Waals surface area contributed by atoms with Gasteiger partial charge in [0.05, 0.1) is 7.57 Å². The topological polar surface area (TPSA) is 0 Å². The molecule has 0 N–H and O–H groups in total. The molecule has 13 heavy (non-hydrogen) atoms. The molecule has 2 rings (SSSR count). The van der Waals surface area contributed by atoms with Crippen LogP contribution in [0.3, 0.4) is 0 Å². The second kappa shape index (κ2) is 4.74. The van der Waals surface area contributed by atoms with Crippen LogP contribution in [0.4, 0.5) is 0 Å². The van der Waals surface area contributed by atoms with E-state index < -0.39 is 0 Å². The van der Waals surface area contributed by atoms with Crippen molar-refractivity contribution in [1.82, 2.24) is 0 Å². The fourth-order valence-electron chi connectivity index (χ4n) is 0.778. The molecule has 68 valence electrons. The second-order valence-corrected chi connectivity index (χ2v) is 11.4. The molecule has 0 spiro atoms. The van der Waals surface area contributed by atoms with E-state index in [0.29, 0.717) is 0 Å². The van der Waals surface area contributed by atoms with E-state index in [-0.39, 0.29) is 21.2 Å². The van der Waals surface area contributed by atoms with Crippen LogP contribution in [0.15, 0.2) is 31.8 Å². The van der Waals surface area contributed by atoms with Crippen LogP contribution in [0.25, 0.3) is 0 Å². The molecule has 0 aliphatic heterocycles. The molecular formula is C8H4Br2IS2+. The summed E-state index contributed by atoms with van der Waals surface area (Å²) in [4.78, 5) is 0. The van der Waals surface area contributed by atoms with Crippen molar-refractivity contribution >= 4 is 54.5 Å². The van der Waals surface area contributed by atoms with E-state index in [2.05, 4.69) is 56.1 Å². The molecule has 2 heterocycles. The van der Waals surface area contributed by atoms with Gasteiger partial charge < -0.3 is 0 Å². The summed E-state index contributed by atoms with van der Waals surface area (Å²) in [5.41, 5.74) is 0. The molecule has 5 heteroatoms. The quantitative estimate of drug-likeness (QED) is 0.608. The van der Waals surface area contributed by atoms with Crippen LogP contribution >= 0.6 is 54.5 Å². The van der Waals surface area contributed by atoms with E-state index in [0.717, 1.165) is 0 Å². The summed E-state index contributed by atoms with van der Waals surface area (Å²) in [5.74, 6) is 0. The van der Waals surface area contributed by atoms with Crippen molar-refractivity contribution in [1.29, 1.82) is 0 Å². The first-order chi connectivity index (χ1) is 6.24. The molecule has 0 bridgehead atoms. The average molecular weight is 451 g/mol. The van der Waals surface area contributed by atoms with Crippen LogP contribution in [-0.4, -0.2) is 0 Å². The van der Waals surface area contributed by atoms with Crippen molar-refractivity contribution in [3.63, 3.8) is 0 Å². The highest BCUT2D eigenvalue weighted by molar-refractivity contribution is 9.11. The fraction of sp³-hybridized carbons (Fsp3) is 0. The lowest BCUT2D eigenvalue weighted by atomic mass is 10.7. The minimum atomic E-state index is 0.0474. The molecule has 0 aliphatic rings. The van der Waals surface area contributed by atoms with Crippen molar-refractivity contribution in [2.75, 3.05) is 0 Å². The van der Waals surface area contributed by atoms with Crippen LogP contribution in [0.2, 0.25) is 0 Å². The molecule has 0 radical (unpaired) electrons. The van der Waals surface area contributed by atoms with Crippen molar-refractivity contribution in [2.45, 2.75) is 0 Å². The standard InChI is InChI=1S/C8H4Br2IS2/c9-5-1-3-7(12-5)11-8-4-2-6(10)13-8/h1-4H/q+1. The monoisotopic (exact) mass is 449 g/mol. The Morgan fingerprint density at radius 1 is 0.846 bits per heavy atom. The van der Waals surface area contributed by atoms with Gasteiger partial charge in [0.2, 0.25) is 5.77 Å². The third-order valence-electron chi connectivity index (χ3n) is 1.27. The molecule has 0 aromatic carbocycles. The van der Waals surface area contributed by atoms with Crippen molar-refractivity contribution in [3.8, 4) is 0 Å². The Labute approximate surface area is 112 Å². The summed E-state index contributed by atoms with van der Waals surface area (Å²) in [6, 6.07) is 8.69. The molecule has 0 unspecified atom stereocenters. The Hall–Kier alpha value is 1.09. The maximum atomic E-state index is 3.48. The van der Waals surface area contributed by atoms with Gasteiger partial charge in [0.25, 0.3) is 0 Å². The summed E-state index contributed by atoms with van der Waals surface area (Å²) in [6.45, 7) is 0. The van der Waals surface area contributed by atoms with Crippen LogP contribution in [0.1, 0.15) is 0 Å². The van der Waals surface area contributed by atoms with E-state index in [1.165, 1.54) is 13.3 Å². The molecule has 0 atom stereocenters. The number of hydrogen-bond donors (Lipinski definition) is 0. The summed E-state index contributed by atoms with van der Waals surface area (Å²) in [5, 5.41) is 0. The number of thiophene rings is 2. The van der Waals surface area contributed by atoms with E-state index >= 15 is 0 Å². The molecule has 0 fully saturated rings. The fourth-order valence-corrected chi connectivity index (χ4v) is 9.67. The molecule has 2 aromatic rings. The molecule has 0 aliphatic carbocycles.